The second-order valence-corrected chi connectivity index (χ2v) is 4.95. The first-order valence-electron chi connectivity index (χ1n) is 6.86. The van der Waals surface area contributed by atoms with Crippen LogP contribution in [0.4, 0.5) is 5.69 Å². The van der Waals surface area contributed by atoms with Gasteiger partial charge in [-0.25, -0.2) is 0 Å². The van der Waals surface area contributed by atoms with Gasteiger partial charge in [0.05, 0.1) is 19.7 Å². The summed E-state index contributed by atoms with van der Waals surface area (Å²) in [6.45, 7) is 1.05. The Morgan fingerprint density at radius 2 is 2.35 bits per heavy atom. The van der Waals surface area contributed by atoms with Crippen LogP contribution in [0.3, 0.4) is 0 Å². The molecule has 0 aromatic heterocycles. The highest BCUT2D eigenvalue weighted by Gasteiger charge is 2.23. The highest BCUT2D eigenvalue weighted by Crippen LogP contribution is 2.18. The van der Waals surface area contributed by atoms with E-state index < -0.39 is 0 Å². The molecule has 1 fully saturated rings. The van der Waals surface area contributed by atoms with E-state index in [1.54, 1.807) is 13.2 Å². The number of nitrogens with zero attached hydrogens (tertiary/aromatic N) is 1. The van der Waals surface area contributed by atoms with E-state index in [-0.39, 0.29) is 18.5 Å². The maximum Gasteiger partial charge on any atom is 0.238 e. The first-order valence-corrected chi connectivity index (χ1v) is 6.86. The van der Waals surface area contributed by atoms with Gasteiger partial charge in [-0.3, -0.25) is 9.69 Å². The fourth-order valence-electron chi connectivity index (χ4n) is 2.45. The van der Waals surface area contributed by atoms with Gasteiger partial charge in [-0.15, -0.1) is 0 Å². The maximum absolute atomic E-state index is 12.0. The molecular formula is C15H20N2O3. The van der Waals surface area contributed by atoms with E-state index in [2.05, 4.69) is 5.32 Å². The fourth-order valence-corrected chi connectivity index (χ4v) is 2.45. The highest BCUT2D eigenvalue weighted by molar-refractivity contribution is 5.92. The van der Waals surface area contributed by atoms with Crippen molar-refractivity contribution in [2.24, 2.45) is 0 Å². The van der Waals surface area contributed by atoms with Crippen LogP contribution in [-0.2, 0) is 9.59 Å². The lowest BCUT2D eigenvalue weighted by Gasteiger charge is -2.31. The lowest BCUT2D eigenvalue weighted by Crippen LogP contribution is -2.44. The molecule has 1 amide bonds. The Kier molecular flexibility index (Phi) is 5.12. The molecule has 108 valence electrons. The monoisotopic (exact) mass is 276 g/mol. The summed E-state index contributed by atoms with van der Waals surface area (Å²) in [5.41, 5.74) is 0.703. The van der Waals surface area contributed by atoms with Crippen LogP contribution in [0.15, 0.2) is 24.3 Å². The van der Waals surface area contributed by atoms with Crippen molar-refractivity contribution in [3.8, 4) is 5.75 Å². The summed E-state index contributed by atoms with van der Waals surface area (Å²) in [5.74, 6) is 0.596. The smallest absolute Gasteiger partial charge is 0.238 e. The van der Waals surface area contributed by atoms with Gasteiger partial charge in [0, 0.05) is 11.8 Å². The van der Waals surface area contributed by atoms with Crippen LogP contribution in [0.2, 0.25) is 0 Å². The zero-order valence-electron chi connectivity index (χ0n) is 11.7. The van der Waals surface area contributed by atoms with Crippen molar-refractivity contribution in [3.05, 3.63) is 24.3 Å². The van der Waals surface area contributed by atoms with E-state index in [9.17, 15) is 9.59 Å². The molecule has 2 rings (SSSR count). The number of rotatable bonds is 5. The van der Waals surface area contributed by atoms with E-state index in [0.29, 0.717) is 11.4 Å². The average molecular weight is 276 g/mol. The quantitative estimate of drug-likeness (QED) is 0.831. The van der Waals surface area contributed by atoms with Crippen molar-refractivity contribution in [1.29, 1.82) is 0 Å². The van der Waals surface area contributed by atoms with Gasteiger partial charge < -0.3 is 14.8 Å². The van der Waals surface area contributed by atoms with Gasteiger partial charge in [-0.2, -0.15) is 0 Å². The predicted molar refractivity (Wildman–Crippen MR) is 76.9 cm³/mol. The number of hydrogen-bond acceptors (Lipinski definition) is 4. The SMILES string of the molecule is COc1cccc(NC(=O)CN2CCCCC2C=O)c1. The summed E-state index contributed by atoms with van der Waals surface area (Å²) in [4.78, 5) is 25.0. The Labute approximate surface area is 118 Å². The number of aldehydes is 1. The number of piperidine rings is 1. The molecule has 1 aromatic carbocycles. The first kappa shape index (κ1) is 14.5. The molecule has 1 atom stereocenters. The van der Waals surface area contributed by atoms with Crippen molar-refractivity contribution in [3.63, 3.8) is 0 Å². The molecule has 0 radical (unpaired) electrons. The molecule has 0 aliphatic carbocycles. The number of benzene rings is 1. The second-order valence-electron chi connectivity index (χ2n) is 4.95. The van der Waals surface area contributed by atoms with Gasteiger partial charge in [-0.05, 0) is 31.5 Å². The standard InChI is InChI=1S/C15H20N2O3/c1-20-14-7-4-5-12(9-14)16-15(19)10-17-8-3-2-6-13(17)11-18/h4-5,7,9,11,13H,2-3,6,8,10H2,1H3,(H,16,19). The lowest BCUT2D eigenvalue weighted by atomic mass is 10.0. The third-order valence-electron chi connectivity index (χ3n) is 3.52. The van der Waals surface area contributed by atoms with Crippen molar-refractivity contribution in [2.75, 3.05) is 25.5 Å². The van der Waals surface area contributed by atoms with Gasteiger partial charge in [0.1, 0.15) is 12.0 Å². The van der Waals surface area contributed by atoms with E-state index in [0.717, 1.165) is 32.1 Å². The van der Waals surface area contributed by atoms with E-state index in [1.807, 2.05) is 23.1 Å². The minimum absolute atomic E-state index is 0.105. The number of ether oxygens (including phenoxy) is 1. The Morgan fingerprint density at radius 1 is 1.50 bits per heavy atom. The van der Waals surface area contributed by atoms with Crippen LogP contribution in [0.25, 0.3) is 0 Å². The minimum Gasteiger partial charge on any atom is -0.497 e. The van der Waals surface area contributed by atoms with Crippen LogP contribution in [0, 0.1) is 0 Å². The van der Waals surface area contributed by atoms with Crippen LogP contribution in [-0.4, -0.2) is 43.3 Å². The largest absolute Gasteiger partial charge is 0.497 e. The molecule has 0 spiro atoms. The lowest BCUT2D eigenvalue weighted by molar-refractivity contribution is -0.120. The first-order chi connectivity index (χ1) is 9.72. The Bertz CT molecular complexity index is 476. The molecule has 1 aromatic rings. The average Bonchev–Trinajstić information content (AvgIpc) is 2.48. The molecule has 1 heterocycles. The molecule has 5 nitrogen and oxygen atoms in total. The molecule has 20 heavy (non-hydrogen) atoms. The molecule has 1 aliphatic rings. The molecule has 1 saturated heterocycles. The molecule has 1 N–H and O–H groups in total. The van der Waals surface area contributed by atoms with Crippen molar-refractivity contribution in [2.45, 2.75) is 25.3 Å². The summed E-state index contributed by atoms with van der Waals surface area (Å²) in [5, 5.41) is 2.83. The summed E-state index contributed by atoms with van der Waals surface area (Å²) in [6, 6.07) is 7.10. The number of methoxy groups -OCH3 is 1. The molecule has 1 unspecified atom stereocenters. The van der Waals surface area contributed by atoms with Crippen LogP contribution < -0.4 is 10.1 Å². The van der Waals surface area contributed by atoms with Gasteiger partial charge in [0.15, 0.2) is 0 Å². The second kappa shape index (κ2) is 7.05. The number of nitrogens with one attached hydrogen (secondary N) is 1. The van der Waals surface area contributed by atoms with Gasteiger partial charge in [0.25, 0.3) is 0 Å². The van der Waals surface area contributed by atoms with E-state index in [4.69, 9.17) is 4.74 Å². The molecule has 5 heteroatoms. The van der Waals surface area contributed by atoms with Crippen LogP contribution in [0.5, 0.6) is 5.75 Å². The van der Waals surface area contributed by atoms with Crippen molar-refractivity contribution < 1.29 is 14.3 Å². The van der Waals surface area contributed by atoms with Crippen molar-refractivity contribution in [1.82, 2.24) is 4.90 Å². The summed E-state index contributed by atoms with van der Waals surface area (Å²) in [7, 11) is 1.59. The van der Waals surface area contributed by atoms with E-state index >= 15 is 0 Å². The van der Waals surface area contributed by atoms with Gasteiger partial charge >= 0.3 is 0 Å². The molecule has 0 saturated carbocycles. The number of amides is 1. The normalized spacial score (nSPS) is 19.4. The fraction of sp³-hybridized carbons (Fsp3) is 0.467. The number of carbonyl (C=O) groups is 2. The number of anilines is 1. The Hall–Kier alpha value is -1.88. The third-order valence-corrected chi connectivity index (χ3v) is 3.52. The minimum atomic E-state index is -0.125. The summed E-state index contributed by atoms with van der Waals surface area (Å²) < 4.78 is 5.11. The number of hydrogen-bond donors (Lipinski definition) is 1. The molecule has 1 aliphatic heterocycles. The number of likely N-dealkylation sites (tertiary alicyclic amines) is 1. The zero-order chi connectivity index (χ0) is 14.4. The van der Waals surface area contributed by atoms with Crippen LogP contribution in [0.1, 0.15) is 19.3 Å². The summed E-state index contributed by atoms with van der Waals surface area (Å²) in [6.07, 6.45) is 3.88. The maximum atomic E-state index is 12.0. The topological polar surface area (TPSA) is 58.6 Å². The number of carbonyl (C=O) groups excluding carboxylic acids is 2. The Balaban J connectivity index is 1.92. The van der Waals surface area contributed by atoms with Crippen molar-refractivity contribution >= 4 is 17.9 Å². The molecule has 0 bridgehead atoms. The van der Waals surface area contributed by atoms with Crippen LogP contribution >= 0.6 is 0 Å². The predicted octanol–water partition coefficient (Wildman–Crippen LogP) is 1.69. The molecular weight excluding hydrogens is 256 g/mol. The Morgan fingerprint density at radius 3 is 3.10 bits per heavy atom. The summed E-state index contributed by atoms with van der Waals surface area (Å²) >= 11 is 0. The third kappa shape index (κ3) is 3.81. The van der Waals surface area contributed by atoms with E-state index in [1.165, 1.54) is 0 Å². The highest BCUT2D eigenvalue weighted by atomic mass is 16.5. The van der Waals surface area contributed by atoms with Gasteiger partial charge in [0.2, 0.25) is 5.91 Å². The zero-order valence-corrected chi connectivity index (χ0v) is 11.7. The van der Waals surface area contributed by atoms with Gasteiger partial charge in [-0.1, -0.05) is 12.5 Å².